The summed E-state index contributed by atoms with van der Waals surface area (Å²) < 4.78 is 6.31. The van der Waals surface area contributed by atoms with Crippen molar-refractivity contribution in [3.63, 3.8) is 0 Å². The van der Waals surface area contributed by atoms with Gasteiger partial charge >= 0.3 is 6.09 Å². The van der Waals surface area contributed by atoms with E-state index in [9.17, 15) is 4.79 Å². The number of ether oxygens (including phenoxy) is 1. The summed E-state index contributed by atoms with van der Waals surface area (Å²) in [5, 5.41) is 1.06. The summed E-state index contributed by atoms with van der Waals surface area (Å²) in [7, 11) is 0. The summed E-state index contributed by atoms with van der Waals surface area (Å²) in [6.07, 6.45) is 3.45. The van der Waals surface area contributed by atoms with Crippen molar-refractivity contribution in [2.75, 3.05) is 18.0 Å². The molecule has 0 N–H and O–H groups in total. The lowest BCUT2D eigenvalue weighted by Gasteiger charge is -2.42. The number of rotatable bonds is 1. The average molecular weight is 455 g/mol. The van der Waals surface area contributed by atoms with Crippen LogP contribution in [0.25, 0.3) is 10.9 Å². The summed E-state index contributed by atoms with van der Waals surface area (Å²) in [4.78, 5) is 29.8. The maximum absolute atomic E-state index is 12.6. The van der Waals surface area contributed by atoms with E-state index < -0.39 is 5.60 Å². The normalized spacial score (nSPS) is 22.4. The smallest absolute Gasteiger partial charge is 0.410 e. The minimum Gasteiger partial charge on any atom is -0.444 e. The Morgan fingerprint density at radius 3 is 2.56 bits per heavy atom. The number of carbonyl (C=O) groups excluding carboxylic acids is 1. The molecule has 0 aliphatic carbocycles. The summed E-state index contributed by atoms with van der Waals surface area (Å²) in [5.41, 5.74) is 0.247. The van der Waals surface area contributed by atoms with Crippen molar-refractivity contribution < 1.29 is 9.53 Å². The van der Waals surface area contributed by atoms with Crippen molar-refractivity contribution in [3.8, 4) is 0 Å². The van der Waals surface area contributed by atoms with Crippen LogP contribution in [0.15, 0.2) is 16.9 Å². The van der Waals surface area contributed by atoms with Crippen LogP contribution < -0.4 is 4.90 Å². The third-order valence-electron chi connectivity index (χ3n) is 4.89. The molecule has 1 amide bonds. The number of carbonyl (C=O) groups is 1. The van der Waals surface area contributed by atoms with Gasteiger partial charge in [-0.25, -0.2) is 14.8 Å². The summed E-state index contributed by atoms with van der Waals surface area (Å²) >= 11 is 9.53. The summed E-state index contributed by atoms with van der Waals surface area (Å²) in [6, 6.07) is 2.04. The van der Waals surface area contributed by atoms with Crippen molar-refractivity contribution in [1.82, 2.24) is 19.9 Å². The van der Waals surface area contributed by atoms with Crippen molar-refractivity contribution in [2.24, 2.45) is 0 Å². The molecule has 0 saturated carbocycles. The monoisotopic (exact) mass is 453 g/mol. The molecule has 4 heterocycles. The van der Waals surface area contributed by atoms with Gasteiger partial charge in [0.15, 0.2) is 0 Å². The van der Waals surface area contributed by atoms with Gasteiger partial charge in [-0.15, -0.1) is 0 Å². The van der Waals surface area contributed by atoms with Gasteiger partial charge in [0.2, 0.25) is 5.28 Å². The van der Waals surface area contributed by atoms with Gasteiger partial charge in [-0.1, -0.05) is 0 Å². The molecule has 27 heavy (non-hydrogen) atoms. The fourth-order valence-corrected chi connectivity index (χ4v) is 4.38. The number of halogens is 2. The van der Waals surface area contributed by atoms with Crippen LogP contribution >= 0.6 is 27.5 Å². The number of piperazine rings is 1. The van der Waals surface area contributed by atoms with E-state index in [1.54, 1.807) is 6.20 Å². The zero-order chi connectivity index (χ0) is 19.3. The van der Waals surface area contributed by atoms with Crippen LogP contribution in [-0.4, -0.2) is 56.7 Å². The number of fused-ring (bicyclic) bond motifs is 3. The predicted molar refractivity (Wildman–Crippen MR) is 107 cm³/mol. The molecule has 0 radical (unpaired) electrons. The first kappa shape index (κ1) is 18.7. The highest BCUT2D eigenvalue weighted by atomic mass is 79.9. The van der Waals surface area contributed by atoms with Gasteiger partial charge < -0.3 is 9.64 Å². The molecule has 2 unspecified atom stereocenters. The fraction of sp³-hybridized carbons (Fsp3) is 0.556. The van der Waals surface area contributed by atoms with Gasteiger partial charge in [-0.05, 0) is 67.2 Å². The molecule has 2 atom stereocenters. The number of aromatic nitrogens is 3. The number of hydrogen-bond donors (Lipinski definition) is 0. The van der Waals surface area contributed by atoms with Crippen LogP contribution in [0.1, 0.15) is 33.6 Å². The molecule has 2 aromatic heterocycles. The molecule has 4 rings (SSSR count). The molecule has 2 aliphatic heterocycles. The van der Waals surface area contributed by atoms with E-state index >= 15 is 0 Å². The second-order valence-electron chi connectivity index (χ2n) is 8.02. The minimum atomic E-state index is -0.497. The van der Waals surface area contributed by atoms with Crippen molar-refractivity contribution in [2.45, 2.75) is 51.3 Å². The standard InChI is InChI=1S/C18H21BrClN5O2/c1-18(2,3)27-17(26)25-10-4-5-11(25)9-24(8-10)15-12-7-21-14(19)6-13(12)22-16(20)23-15/h6-7,10-11H,4-5,8-9H2,1-3H3. The molecule has 144 valence electrons. The predicted octanol–water partition coefficient (Wildman–Crippen LogP) is 4.03. The molecule has 9 heteroatoms. The van der Waals surface area contributed by atoms with Gasteiger partial charge in [0, 0.05) is 19.3 Å². The van der Waals surface area contributed by atoms with Crippen molar-refractivity contribution in [3.05, 3.63) is 22.1 Å². The van der Waals surface area contributed by atoms with E-state index in [1.165, 1.54) is 0 Å². The topological polar surface area (TPSA) is 71.5 Å². The first-order valence-electron chi connectivity index (χ1n) is 8.96. The highest BCUT2D eigenvalue weighted by Crippen LogP contribution is 2.35. The van der Waals surface area contributed by atoms with E-state index in [0.717, 1.165) is 29.6 Å². The van der Waals surface area contributed by atoms with Crippen molar-refractivity contribution >= 4 is 50.3 Å². The number of amides is 1. The van der Waals surface area contributed by atoms with E-state index in [4.69, 9.17) is 16.3 Å². The molecule has 2 aromatic rings. The largest absolute Gasteiger partial charge is 0.444 e. The Morgan fingerprint density at radius 1 is 1.26 bits per heavy atom. The molecule has 2 fully saturated rings. The molecule has 7 nitrogen and oxygen atoms in total. The average Bonchev–Trinajstić information content (AvgIpc) is 2.82. The van der Waals surface area contributed by atoms with Gasteiger partial charge in [-0.3, -0.25) is 4.90 Å². The lowest BCUT2D eigenvalue weighted by Crippen LogP contribution is -2.57. The molecule has 0 aromatic carbocycles. The van der Waals surface area contributed by atoms with Crippen LogP contribution in [-0.2, 0) is 4.74 Å². The Morgan fingerprint density at radius 2 is 1.93 bits per heavy atom. The van der Waals surface area contributed by atoms with E-state index in [0.29, 0.717) is 17.7 Å². The Labute approximate surface area is 171 Å². The quantitative estimate of drug-likeness (QED) is 0.478. The molecule has 2 aliphatic rings. The first-order chi connectivity index (χ1) is 12.7. The SMILES string of the molecule is CC(C)(C)OC(=O)N1C2CCC1CN(c1nc(Cl)nc3cc(Br)ncc13)C2. The van der Waals surface area contributed by atoms with Gasteiger partial charge in [0.25, 0.3) is 0 Å². The Bertz CT molecular complexity index is 884. The van der Waals surface area contributed by atoms with Crippen LogP contribution in [0.2, 0.25) is 5.28 Å². The maximum Gasteiger partial charge on any atom is 0.410 e. The van der Waals surface area contributed by atoms with Crippen LogP contribution in [0, 0.1) is 0 Å². The molecular weight excluding hydrogens is 434 g/mol. The zero-order valence-electron chi connectivity index (χ0n) is 15.4. The van der Waals surface area contributed by atoms with Crippen LogP contribution in [0.3, 0.4) is 0 Å². The van der Waals surface area contributed by atoms with E-state index in [-0.39, 0.29) is 23.5 Å². The number of nitrogens with zero attached hydrogens (tertiary/aromatic N) is 5. The number of anilines is 1. The van der Waals surface area contributed by atoms with Crippen molar-refractivity contribution in [1.29, 1.82) is 0 Å². The Kier molecular flexibility index (Phi) is 4.66. The summed E-state index contributed by atoms with van der Waals surface area (Å²) in [6.45, 7) is 7.05. The van der Waals surface area contributed by atoms with E-state index in [1.807, 2.05) is 31.7 Å². The minimum absolute atomic E-state index is 0.103. The Hall–Kier alpha value is -1.67. The number of pyridine rings is 1. The van der Waals surface area contributed by atoms with Gasteiger partial charge in [0.1, 0.15) is 16.0 Å². The van der Waals surface area contributed by atoms with Gasteiger partial charge in [0.05, 0.1) is 23.0 Å². The fourth-order valence-electron chi connectivity index (χ4n) is 3.89. The third-order valence-corrected chi connectivity index (χ3v) is 5.49. The maximum atomic E-state index is 12.6. The highest BCUT2D eigenvalue weighted by molar-refractivity contribution is 9.10. The second-order valence-corrected chi connectivity index (χ2v) is 9.17. The molecular formula is C18H21BrClN5O2. The summed E-state index contributed by atoms with van der Waals surface area (Å²) in [5.74, 6) is 0.769. The molecule has 2 saturated heterocycles. The van der Waals surface area contributed by atoms with Crippen LogP contribution in [0.5, 0.6) is 0 Å². The molecule has 2 bridgehead atoms. The lowest BCUT2D eigenvalue weighted by atomic mass is 10.1. The third kappa shape index (κ3) is 3.69. The Balaban J connectivity index is 1.62. The second kappa shape index (κ2) is 6.74. The van der Waals surface area contributed by atoms with Gasteiger partial charge in [-0.2, -0.15) is 4.98 Å². The zero-order valence-corrected chi connectivity index (χ0v) is 17.8. The first-order valence-corrected chi connectivity index (χ1v) is 10.1. The highest BCUT2D eigenvalue weighted by Gasteiger charge is 2.44. The van der Waals surface area contributed by atoms with E-state index in [2.05, 4.69) is 35.8 Å². The van der Waals surface area contributed by atoms with Crippen LogP contribution in [0.4, 0.5) is 10.6 Å². The number of hydrogen-bond acceptors (Lipinski definition) is 6. The lowest BCUT2D eigenvalue weighted by molar-refractivity contribution is 0.0123. The molecule has 0 spiro atoms.